The average Bonchev–Trinajstić information content (AvgIpc) is 3.00. The molecule has 1 N–H and O–H groups in total. The number of hydrogen-bond acceptors (Lipinski definition) is 4. The first-order valence-corrected chi connectivity index (χ1v) is 6.82. The maximum absolute atomic E-state index is 12.5. The van der Waals surface area contributed by atoms with Crippen molar-refractivity contribution in [3.05, 3.63) is 48.7 Å². The van der Waals surface area contributed by atoms with E-state index < -0.39 is 0 Å². The number of aromatic nitrogens is 1. The summed E-state index contributed by atoms with van der Waals surface area (Å²) in [6.07, 6.45) is 6.92. The molecule has 104 valence electrons. The third-order valence-corrected chi connectivity index (χ3v) is 3.50. The van der Waals surface area contributed by atoms with E-state index in [4.69, 9.17) is 4.42 Å². The molecule has 1 amide bonds. The smallest absolute Gasteiger partial charge is 0.244 e. The van der Waals surface area contributed by atoms with Crippen molar-refractivity contribution in [1.29, 1.82) is 0 Å². The van der Waals surface area contributed by atoms with Crippen LogP contribution >= 0.6 is 0 Å². The Morgan fingerprint density at radius 3 is 3.10 bits per heavy atom. The maximum atomic E-state index is 12.5. The van der Waals surface area contributed by atoms with Crippen LogP contribution in [0.25, 0.3) is 0 Å². The van der Waals surface area contributed by atoms with E-state index in [-0.39, 0.29) is 11.9 Å². The number of pyridine rings is 1. The molecule has 1 aliphatic heterocycles. The zero-order valence-corrected chi connectivity index (χ0v) is 11.2. The summed E-state index contributed by atoms with van der Waals surface area (Å²) in [6.45, 7) is 1.33. The first-order valence-electron chi connectivity index (χ1n) is 6.82. The van der Waals surface area contributed by atoms with Crippen molar-refractivity contribution >= 4 is 11.6 Å². The lowest BCUT2D eigenvalue weighted by Crippen LogP contribution is -2.50. The van der Waals surface area contributed by atoms with E-state index in [2.05, 4.69) is 10.3 Å². The Morgan fingerprint density at radius 2 is 2.35 bits per heavy atom. The first-order chi connectivity index (χ1) is 9.84. The van der Waals surface area contributed by atoms with Crippen molar-refractivity contribution < 1.29 is 9.21 Å². The Morgan fingerprint density at radius 1 is 1.40 bits per heavy atom. The molecule has 3 heterocycles. The lowest BCUT2D eigenvalue weighted by molar-refractivity contribution is -0.121. The minimum atomic E-state index is -0.158. The summed E-state index contributed by atoms with van der Waals surface area (Å²) in [4.78, 5) is 18.4. The molecule has 1 fully saturated rings. The number of anilines is 1. The summed E-state index contributed by atoms with van der Waals surface area (Å²) >= 11 is 0. The Bertz CT molecular complexity index is 554. The lowest BCUT2D eigenvalue weighted by Gasteiger charge is -2.32. The predicted octanol–water partition coefficient (Wildman–Crippen LogP) is 1.96. The number of hydrogen-bond donors (Lipinski definition) is 1. The zero-order chi connectivity index (χ0) is 13.8. The van der Waals surface area contributed by atoms with Crippen LogP contribution in [0.1, 0.15) is 18.6 Å². The van der Waals surface area contributed by atoms with Gasteiger partial charge in [-0.3, -0.25) is 15.1 Å². The number of carbonyl (C=O) groups excluding carboxylic acids is 1. The molecular weight excluding hydrogens is 254 g/mol. The van der Waals surface area contributed by atoms with E-state index in [1.54, 1.807) is 23.6 Å². The third kappa shape index (κ3) is 2.72. The van der Waals surface area contributed by atoms with Gasteiger partial charge in [-0.1, -0.05) is 0 Å². The lowest BCUT2D eigenvalue weighted by atomic mass is 10.0. The van der Waals surface area contributed by atoms with Gasteiger partial charge in [0, 0.05) is 12.7 Å². The second kappa shape index (κ2) is 5.88. The number of nitrogens with one attached hydrogen (secondary N) is 1. The van der Waals surface area contributed by atoms with E-state index in [0.29, 0.717) is 6.54 Å². The van der Waals surface area contributed by atoms with Crippen molar-refractivity contribution in [2.45, 2.75) is 25.4 Å². The Balaban J connectivity index is 1.66. The van der Waals surface area contributed by atoms with E-state index in [9.17, 15) is 4.79 Å². The van der Waals surface area contributed by atoms with E-state index >= 15 is 0 Å². The summed E-state index contributed by atoms with van der Waals surface area (Å²) in [5.74, 6) is 0.951. The number of carbonyl (C=O) groups is 1. The molecule has 0 aromatic carbocycles. The highest BCUT2D eigenvalue weighted by Crippen LogP contribution is 2.20. The molecule has 20 heavy (non-hydrogen) atoms. The average molecular weight is 271 g/mol. The van der Waals surface area contributed by atoms with Gasteiger partial charge in [0.1, 0.15) is 5.76 Å². The second-order valence-electron chi connectivity index (χ2n) is 4.86. The van der Waals surface area contributed by atoms with Gasteiger partial charge in [0.15, 0.2) is 0 Å². The molecule has 0 aliphatic carbocycles. The fourth-order valence-electron chi connectivity index (χ4n) is 2.47. The molecule has 0 unspecified atom stereocenters. The number of furan rings is 1. The molecule has 1 atom stereocenters. The van der Waals surface area contributed by atoms with Crippen LogP contribution in [0.2, 0.25) is 0 Å². The highest BCUT2D eigenvalue weighted by Gasteiger charge is 2.29. The topological polar surface area (TPSA) is 58.4 Å². The van der Waals surface area contributed by atoms with Crippen LogP contribution in [0.4, 0.5) is 5.69 Å². The van der Waals surface area contributed by atoms with Crippen LogP contribution in [0.15, 0.2) is 47.3 Å². The molecule has 5 nitrogen and oxygen atoms in total. The predicted molar refractivity (Wildman–Crippen MR) is 75.2 cm³/mol. The Labute approximate surface area is 117 Å². The molecule has 0 bridgehead atoms. The molecule has 0 saturated carbocycles. The normalized spacial score (nSPS) is 19.3. The number of amides is 1. The van der Waals surface area contributed by atoms with E-state index in [1.807, 2.05) is 24.3 Å². The van der Waals surface area contributed by atoms with Crippen LogP contribution in [-0.4, -0.2) is 23.5 Å². The van der Waals surface area contributed by atoms with Crippen LogP contribution in [-0.2, 0) is 11.3 Å². The molecule has 0 spiro atoms. The first kappa shape index (κ1) is 12.9. The molecule has 3 rings (SSSR count). The van der Waals surface area contributed by atoms with E-state index in [1.165, 1.54) is 0 Å². The van der Waals surface area contributed by atoms with Gasteiger partial charge in [0.2, 0.25) is 5.91 Å². The Hall–Kier alpha value is -2.14. The monoisotopic (exact) mass is 271 g/mol. The SMILES string of the molecule is O=C1[C@@H](NCc2ccco2)CCCN1c1cccnc1. The highest BCUT2D eigenvalue weighted by molar-refractivity contribution is 5.97. The van der Waals surface area contributed by atoms with Gasteiger partial charge in [-0.05, 0) is 37.1 Å². The summed E-state index contributed by atoms with van der Waals surface area (Å²) in [6, 6.07) is 7.36. The highest BCUT2D eigenvalue weighted by atomic mass is 16.3. The minimum absolute atomic E-state index is 0.107. The van der Waals surface area contributed by atoms with Crippen molar-refractivity contribution in [3.8, 4) is 0 Å². The second-order valence-corrected chi connectivity index (χ2v) is 4.86. The van der Waals surface area contributed by atoms with Crippen LogP contribution < -0.4 is 10.2 Å². The number of piperidine rings is 1. The molecule has 1 aliphatic rings. The molecule has 2 aromatic heterocycles. The van der Waals surface area contributed by atoms with Gasteiger partial charge < -0.3 is 9.32 Å². The fourth-order valence-corrected chi connectivity index (χ4v) is 2.47. The van der Waals surface area contributed by atoms with Gasteiger partial charge in [0.05, 0.1) is 30.7 Å². The van der Waals surface area contributed by atoms with E-state index in [0.717, 1.165) is 30.8 Å². The van der Waals surface area contributed by atoms with Crippen LogP contribution in [0.5, 0.6) is 0 Å². The Kier molecular flexibility index (Phi) is 3.78. The standard InChI is InChI=1S/C15H17N3O2/c19-15-14(17-11-13-5-3-9-20-13)6-2-8-18(15)12-4-1-7-16-10-12/h1,3-5,7,9-10,14,17H,2,6,8,11H2/t14-/m0/s1. The summed E-state index contributed by atoms with van der Waals surface area (Å²) < 4.78 is 5.27. The van der Waals surface area contributed by atoms with Crippen molar-refractivity contribution in [2.24, 2.45) is 0 Å². The van der Waals surface area contributed by atoms with Gasteiger partial charge in [0.25, 0.3) is 0 Å². The quantitative estimate of drug-likeness (QED) is 0.923. The largest absolute Gasteiger partial charge is 0.468 e. The molecule has 2 aromatic rings. The number of rotatable bonds is 4. The maximum Gasteiger partial charge on any atom is 0.244 e. The summed E-state index contributed by atoms with van der Waals surface area (Å²) in [5, 5.41) is 3.27. The number of nitrogens with zero attached hydrogens (tertiary/aromatic N) is 2. The summed E-state index contributed by atoms with van der Waals surface area (Å²) in [7, 11) is 0. The van der Waals surface area contributed by atoms with Crippen molar-refractivity contribution in [3.63, 3.8) is 0 Å². The van der Waals surface area contributed by atoms with Crippen molar-refractivity contribution in [2.75, 3.05) is 11.4 Å². The zero-order valence-electron chi connectivity index (χ0n) is 11.2. The molecule has 5 heteroatoms. The van der Waals surface area contributed by atoms with Gasteiger partial charge in [-0.25, -0.2) is 0 Å². The molecular formula is C15H17N3O2. The third-order valence-electron chi connectivity index (χ3n) is 3.50. The fraction of sp³-hybridized carbons (Fsp3) is 0.333. The minimum Gasteiger partial charge on any atom is -0.468 e. The molecule has 0 radical (unpaired) electrons. The van der Waals surface area contributed by atoms with Crippen LogP contribution in [0.3, 0.4) is 0 Å². The molecule has 1 saturated heterocycles. The van der Waals surface area contributed by atoms with Gasteiger partial charge in [-0.2, -0.15) is 0 Å². The van der Waals surface area contributed by atoms with Gasteiger partial charge >= 0.3 is 0 Å². The van der Waals surface area contributed by atoms with Crippen LogP contribution in [0, 0.1) is 0 Å². The van der Waals surface area contributed by atoms with Gasteiger partial charge in [-0.15, -0.1) is 0 Å². The summed E-state index contributed by atoms with van der Waals surface area (Å²) in [5.41, 5.74) is 0.863. The van der Waals surface area contributed by atoms with Crippen molar-refractivity contribution in [1.82, 2.24) is 10.3 Å².